The molecular weight excluding hydrogens is 302 g/mol. The lowest BCUT2D eigenvalue weighted by Gasteiger charge is -2.11. The van der Waals surface area contributed by atoms with Crippen molar-refractivity contribution in [1.82, 2.24) is 16.0 Å². The van der Waals surface area contributed by atoms with Gasteiger partial charge in [0.05, 0.1) is 0 Å². The van der Waals surface area contributed by atoms with Gasteiger partial charge in [-0.3, -0.25) is 9.59 Å². The Labute approximate surface area is 137 Å². The summed E-state index contributed by atoms with van der Waals surface area (Å²) in [5, 5.41) is 8.92. The highest BCUT2D eigenvalue weighted by atomic mass is 35.5. The Hall–Kier alpha value is -1.59. The summed E-state index contributed by atoms with van der Waals surface area (Å²) in [5.41, 5.74) is 3.08. The molecule has 1 unspecified atom stereocenters. The first kappa shape index (κ1) is 18.5. The predicted molar refractivity (Wildman–Crippen MR) is 89.1 cm³/mol. The first-order valence-electron chi connectivity index (χ1n) is 7.50. The summed E-state index contributed by atoms with van der Waals surface area (Å²) in [5.74, 6) is -0.149. The molecule has 1 aliphatic heterocycles. The summed E-state index contributed by atoms with van der Waals surface area (Å²) in [7, 11) is 0. The number of nitrogens with one attached hydrogen (secondary N) is 3. The minimum Gasteiger partial charge on any atom is -0.354 e. The third kappa shape index (κ3) is 5.00. The maximum absolute atomic E-state index is 12.0. The average molecular weight is 326 g/mol. The third-order valence-corrected chi connectivity index (χ3v) is 3.76. The molecule has 0 saturated heterocycles. The fraction of sp³-hybridized carbons (Fsp3) is 0.500. The van der Waals surface area contributed by atoms with Crippen LogP contribution in [-0.4, -0.2) is 24.4 Å². The van der Waals surface area contributed by atoms with Crippen LogP contribution >= 0.6 is 12.4 Å². The van der Waals surface area contributed by atoms with Gasteiger partial charge < -0.3 is 16.0 Å². The number of amides is 2. The average Bonchev–Trinajstić information content (AvgIpc) is 2.94. The van der Waals surface area contributed by atoms with E-state index in [4.69, 9.17) is 0 Å². The van der Waals surface area contributed by atoms with Gasteiger partial charge >= 0.3 is 0 Å². The van der Waals surface area contributed by atoms with Gasteiger partial charge in [-0.1, -0.05) is 13.0 Å². The molecule has 6 heteroatoms. The number of carbonyl (C=O) groups excluding carboxylic acids is 2. The van der Waals surface area contributed by atoms with Crippen LogP contribution in [0.3, 0.4) is 0 Å². The van der Waals surface area contributed by atoms with Crippen LogP contribution in [0.4, 0.5) is 0 Å². The van der Waals surface area contributed by atoms with Crippen molar-refractivity contribution in [2.45, 2.75) is 45.8 Å². The molecule has 0 radical (unpaired) electrons. The van der Waals surface area contributed by atoms with Crippen molar-refractivity contribution < 1.29 is 9.59 Å². The first-order chi connectivity index (χ1) is 10.1. The molecule has 22 heavy (non-hydrogen) atoms. The molecule has 2 rings (SSSR count). The molecule has 1 heterocycles. The van der Waals surface area contributed by atoms with Gasteiger partial charge in [-0.05, 0) is 36.6 Å². The van der Waals surface area contributed by atoms with Crippen molar-refractivity contribution in [3.8, 4) is 0 Å². The molecule has 1 aromatic rings. The first-order valence-corrected chi connectivity index (χ1v) is 7.50. The molecule has 0 aromatic heterocycles. The van der Waals surface area contributed by atoms with Gasteiger partial charge in [-0.2, -0.15) is 0 Å². The summed E-state index contributed by atoms with van der Waals surface area (Å²) in [6.45, 7) is 6.03. The van der Waals surface area contributed by atoms with Crippen LogP contribution in [-0.2, 0) is 17.9 Å². The molecule has 2 amide bonds. The van der Waals surface area contributed by atoms with Crippen molar-refractivity contribution in [2.75, 3.05) is 6.54 Å². The van der Waals surface area contributed by atoms with E-state index in [2.05, 4.69) is 16.0 Å². The zero-order chi connectivity index (χ0) is 15.2. The van der Waals surface area contributed by atoms with Gasteiger partial charge in [0.15, 0.2) is 0 Å². The van der Waals surface area contributed by atoms with E-state index in [-0.39, 0.29) is 30.3 Å². The van der Waals surface area contributed by atoms with Crippen molar-refractivity contribution >= 4 is 24.2 Å². The molecule has 5 nitrogen and oxygen atoms in total. The number of benzene rings is 1. The Morgan fingerprint density at radius 2 is 2.00 bits per heavy atom. The van der Waals surface area contributed by atoms with Gasteiger partial charge in [0.25, 0.3) is 5.91 Å². The number of hydrogen-bond donors (Lipinski definition) is 3. The van der Waals surface area contributed by atoms with E-state index in [1.165, 1.54) is 11.1 Å². The lowest BCUT2D eigenvalue weighted by molar-refractivity contribution is -0.121. The number of rotatable bonds is 6. The van der Waals surface area contributed by atoms with Crippen molar-refractivity contribution in [3.05, 3.63) is 34.9 Å². The second-order valence-electron chi connectivity index (χ2n) is 5.47. The van der Waals surface area contributed by atoms with E-state index in [0.717, 1.165) is 19.5 Å². The SMILES string of the molecule is CCC(C)NC(=O)CCNC(=O)c1ccc2c(c1)CNC2.Cl. The van der Waals surface area contributed by atoms with Crippen LogP contribution < -0.4 is 16.0 Å². The largest absolute Gasteiger partial charge is 0.354 e. The molecule has 0 fully saturated rings. The lowest BCUT2D eigenvalue weighted by Crippen LogP contribution is -2.35. The van der Waals surface area contributed by atoms with Gasteiger partial charge in [-0.25, -0.2) is 0 Å². The van der Waals surface area contributed by atoms with Crippen LogP contribution in [0.15, 0.2) is 18.2 Å². The Balaban J connectivity index is 0.00000242. The van der Waals surface area contributed by atoms with Crippen molar-refractivity contribution in [2.24, 2.45) is 0 Å². The van der Waals surface area contributed by atoms with Crippen LogP contribution in [0, 0.1) is 0 Å². The molecular formula is C16H24ClN3O2. The van der Waals surface area contributed by atoms with Crippen LogP contribution in [0.2, 0.25) is 0 Å². The molecule has 0 aliphatic carbocycles. The second-order valence-corrected chi connectivity index (χ2v) is 5.47. The molecule has 1 atom stereocenters. The highest BCUT2D eigenvalue weighted by molar-refractivity contribution is 5.94. The van der Waals surface area contributed by atoms with E-state index < -0.39 is 0 Å². The summed E-state index contributed by atoms with van der Waals surface area (Å²) in [4.78, 5) is 23.7. The van der Waals surface area contributed by atoms with E-state index in [9.17, 15) is 9.59 Å². The summed E-state index contributed by atoms with van der Waals surface area (Å²) >= 11 is 0. The Morgan fingerprint density at radius 3 is 2.73 bits per heavy atom. The molecule has 0 saturated carbocycles. The standard InChI is InChI=1S/C16H23N3O2.ClH/c1-3-11(2)19-15(20)6-7-18-16(21)12-4-5-13-9-17-10-14(13)8-12;/h4-5,8,11,17H,3,6-7,9-10H2,1-2H3,(H,18,21)(H,19,20);1H. The molecule has 3 N–H and O–H groups in total. The Bertz CT molecular complexity index is 534. The quantitative estimate of drug-likeness (QED) is 0.746. The Morgan fingerprint density at radius 1 is 1.27 bits per heavy atom. The topological polar surface area (TPSA) is 70.2 Å². The zero-order valence-electron chi connectivity index (χ0n) is 13.1. The molecule has 122 valence electrons. The van der Waals surface area contributed by atoms with E-state index >= 15 is 0 Å². The van der Waals surface area contributed by atoms with Crippen molar-refractivity contribution in [3.63, 3.8) is 0 Å². The van der Waals surface area contributed by atoms with E-state index in [1.807, 2.05) is 32.0 Å². The predicted octanol–water partition coefficient (Wildman–Crippen LogP) is 1.75. The van der Waals surface area contributed by atoms with Crippen LogP contribution in [0.1, 0.15) is 48.2 Å². The van der Waals surface area contributed by atoms with Gasteiger partial charge in [-0.15, -0.1) is 12.4 Å². The fourth-order valence-electron chi connectivity index (χ4n) is 2.28. The third-order valence-electron chi connectivity index (χ3n) is 3.76. The number of carbonyl (C=O) groups is 2. The highest BCUT2D eigenvalue weighted by Gasteiger charge is 2.13. The second kappa shape index (κ2) is 8.76. The monoisotopic (exact) mass is 325 g/mol. The molecule has 1 aromatic carbocycles. The Kier molecular flexibility index (Phi) is 7.35. The smallest absolute Gasteiger partial charge is 0.251 e. The minimum atomic E-state index is -0.124. The van der Waals surface area contributed by atoms with E-state index in [1.54, 1.807) is 0 Å². The summed E-state index contributed by atoms with van der Waals surface area (Å²) in [6, 6.07) is 5.92. The lowest BCUT2D eigenvalue weighted by atomic mass is 10.1. The summed E-state index contributed by atoms with van der Waals surface area (Å²) in [6.07, 6.45) is 1.21. The van der Waals surface area contributed by atoms with E-state index in [0.29, 0.717) is 18.5 Å². The summed E-state index contributed by atoms with van der Waals surface area (Å²) < 4.78 is 0. The molecule has 0 bridgehead atoms. The minimum absolute atomic E-state index is 0. The van der Waals surface area contributed by atoms with Crippen LogP contribution in [0.25, 0.3) is 0 Å². The fourth-order valence-corrected chi connectivity index (χ4v) is 2.28. The van der Waals surface area contributed by atoms with Gasteiger partial charge in [0, 0.05) is 37.7 Å². The normalized spacial score (nSPS) is 13.7. The maximum Gasteiger partial charge on any atom is 0.251 e. The molecule has 1 aliphatic rings. The van der Waals surface area contributed by atoms with Gasteiger partial charge in [0.1, 0.15) is 0 Å². The zero-order valence-corrected chi connectivity index (χ0v) is 13.9. The highest BCUT2D eigenvalue weighted by Crippen LogP contribution is 2.16. The van der Waals surface area contributed by atoms with Crippen LogP contribution in [0.5, 0.6) is 0 Å². The number of hydrogen-bond acceptors (Lipinski definition) is 3. The number of fused-ring (bicyclic) bond motifs is 1. The maximum atomic E-state index is 12.0. The molecule has 0 spiro atoms. The van der Waals surface area contributed by atoms with Gasteiger partial charge in [0.2, 0.25) is 5.91 Å². The number of halogens is 1. The van der Waals surface area contributed by atoms with Crippen molar-refractivity contribution in [1.29, 1.82) is 0 Å².